The van der Waals surface area contributed by atoms with Crippen molar-refractivity contribution >= 4 is 0 Å². The largest absolute Gasteiger partial charge is 0.392 e. The van der Waals surface area contributed by atoms with Crippen LogP contribution in [0, 0.1) is 0 Å². The minimum Gasteiger partial charge on any atom is -0.392 e. The van der Waals surface area contributed by atoms with Gasteiger partial charge in [0.15, 0.2) is 5.72 Å². The Morgan fingerprint density at radius 3 is 2.21 bits per heavy atom. The minimum absolute atomic E-state index is 0.0176. The van der Waals surface area contributed by atoms with E-state index in [1.54, 1.807) is 0 Å². The standard InChI is InChI=1S/C10H19NO3/c12-6-10(7-13)11-9(8-14-10)4-2-1-3-5-9/h11-13H,1-8H2. The molecule has 82 valence electrons. The summed E-state index contributed by atoms with van der Waals surface area (Å²) in [5.41, 5.74) is -0.874. The van der Waals surface area contributed by atoms with Crippen LogP contribution in [-0.4, -0.2) is 41.3 Å². The summed E-state index contributed by atoms with van der Waals surface area (Å²) in [6, 6.07) is 0. The molecule has 4 heteroatoms. The van der Waals surface area contributed by atoms with E-state index in [2.05, 4.69) is 5.32 Å². The molecule has 0 aromatic heterocycles. The lowest BCUT2D eigenvalue weighted by Crippen LogP contribution is -2.56. The Morgan fingerprint density at radius 2 is 1.71 bits per heavy atom. The molecule has 0 unspecified atom stereocenters. The summed E-state index contributed by atoms with van der Waals surface area (Å²) in [5.74, 6) is 0. The molecule has 1 spiro atoms. The molecule has 2 fully saturated rings. The van der Waals surface area contributed by atoms with Gasteiger partial charge in [0.1, 0.15) is 0 Å². The van der Waals surface area contributed by atoms with Crippen LogP contribution in [0.3, 0.4) is 0 Å². The van der Waals surface area contributed by atoms with E-state index >= 15 is 0 Å². The quantitative estimate of drug-likeness (QED) is 0.588. The Balaban J connectivity index is 2.04. The molecule has 1 aliphatic heterocycles. The summed E-state index contributed by atoms with van der Waals surface area (Å²) in [7, 11) is 0. The third-order valence-electron chi connectivity index (χ3n) is 3.44. The van der Waals surface area contributed by atoms with Crippen LogP contribution in [0.2, 0.25) is 0 Å². The third kappa shape index (κ3) is 1.67. The number of aliphatic hydroxyl groups is 2. The van der Waals surface area contributed by atoms with Crippen LogP contribution < -0.4 is 5.32 Å². The van der Waals surface area contributed by atoms with Gasteiger partial charge in [-0.2, -0.15) is 0 Å². The van der Waals surface area contributed by atoms with E-state index in [-0.39, 0.29) is 18.8 Å². The van der Waals surface area contributed by atoms with E-state index in [9.17, 15) is 10.2 Å². The minimum atomic E-state index is -0.892. The second-order valence-corrected chi connectivity index (χ2v) is 4.57. The molecule has 1 saturated carbocycles. The van der Waals surface area contributed by atoms with Crippen molar-refractivity contribution in [1.29, 1.82) is 0 Å². The highest BCUT2D eigenvalue weighted by molar-refractivity contribution is 5.01. The highest BCUT2D eigenvalue weighted by Crippen LogP contribution is 2.35. The van der Waals surface area contributed by atoms with E-state index in [1.165, 1.54) is 19.3 Å². The Morgan fingerprint density at radius 1 is 1.07 bits per heavy atom. The normalized spacial score (nSPS) is 29.6. The molecule has 0 amide bonds. The monoisotopic (exact) mass is 201 g/mol. The molecule has 2 rings (SSSR count). The van der Waals surface area contributed by atoms with E-state index in [4.69, 9.17) is 4.74 Å². The predicted molar refractivity (Wildman–Crippen MR) is 51.8 cm³/mol. The summed E-state index contributed by atoms with van der Waals surface area (Å²) in [4.78, 5) is 0. The first-order valence-electron chi connectivity index (χ1n) is 5.39. The fourth-order valence-corrected chi connectivity index (χ4v) is 2.55. The summed E-state index contributed by atoms with van der Waals surface area (Å²) in [6.07, 6.45) is 5.89. The van der Waals surface area contributed by atoms with Gasteiger partial charge in [-0.25, -0.2) is 0 Å². The zero-order valence-electron chi connectivity index (χ0n) is 8.46. The average Bonchev–Trinajstić information content (AvgIpc) is 2.60. The van der Waals surface area contributed by atoms with Crippen LogP contribution >= 0.6 is 0 Å². The molecule has 0 atom stereocenters. The molecule has 1 saturated heterocycles. The fraction of sp³-hybridized carbons (Fsp3) is 1.00. The van der Waals surface area contributed by atoms with E-state index in [0.717, 1.165) is 12.8 Å². The van der Waals surface area contributed by atoms with Gasteiger partial charge in [0.2, 0.25) is 0 Å². The maximum atomic E-state index is 9.18. The van der Waals surface area contributed by atoms with Crippen molar-refractivity contribution in [2.24, 2.45) is 0 Å². The Hall–Kier alpha value is -0.160. The molecule has 1 heterocycles. The van der Waals surface area contributed by atoms with Gasteiger partial charge in [-0.05, 0) is 12.8 Å². The zero-order valence-corrected chi connectivity index (χ0v) is 8.46. The first-order valence-corrected chi connectivity index (χ1v) is 5.39. The molecule has 14 heavy (non-hydrogen) atoms. The average molecular weight is 201 g/mol. The summed E-state index contributed by atoms with van der Waals surface area (Å²) in [6.45, 7) is 0.296. The molecule has 4 nitrogen and oxygen atoms in total. The molecule has 1 aliphatic carbocycles. The molecule has 0 bridgehead atoms. The van der Waals surface area contributed by atoms with E-state index in [1.807, 2.05) is 0 Å². The lowest BCUT2D eigenvalue weighted by atomic mass is 9.82. The van der Waals surface area contributed by atoms with Gasteiger partial charge in [0.25, 0.3) is 0 Å². The van der Waals surface area contributed by atoms with Crippen molar-refractivity contribution in [2.45, 2.75) is 43.4 Å². The summed E-state index contributed by atoms with van der Waals surface area (Å²) >= 11 is 0. The SMILES string of the molecule is OCC1(CO)NC2(CCCCC2)CO1. The molecule has 2 aliphatic rings. The lowest BCUT2D eigenvalue weighted by molar-refractivity contribution is -0.0844. The molecular weight excluding hydrogens is 182 g/mol. The second kappa shape index (κ2) is 3.77. The highest BCUT2D eigenvalue weighted by Gasteiger charge is 2.48. The Labute approximate surface area is 84.3 Å². The van der Waals surface area contributed by atoms with Crippen molar-refractivity contribution in [3.05, 3.63) is 0 Å². The molecule has 0 aromatic rings. The highest BCUT2D eigenvalue weighted by atomic mass is 16.5. The van der Waals surface area contributed by atoms with Crippen LogP contribution in [0.15, 0.2) is 0 Å². The second-order valence-electron chi connectivity index (χ2n) is 4.57. The Kier molecular flexibility index (Phi) is 2.79. The lowest BCUT2D eigenvalue weighted by Gasteiger charge is -2.34. The van der Waals surface area contributed by atoms with Crippen molar-refractivity contribution < 1.29 is 14.9 Å². The van der Waals surface area contributed by atoms with Gasteiger partial charge >= 0.3 is 0 Å². The molecule has 0 radical (unpaired) electrons. The van der Waals surface area contributed by atoms with Gasteiger partial charge in [0.05, 0.1) is 19.8 Å². The van der Waals surface area contributed by atoms with Crippen LogP contribution in [0.1, 0.15) is 32.1 Å². The maximum absolute atomic E-state index is 9.18. The Bertz CT molecular complexity index is 198. The summed E-state index contributed by atoms with van der Waals surface area (Å²) < 4.78 is 5.52. The van der Waals surface area contributed by atoms with Gasteiger partial charge in [0, 0.05) is 5.54 Å². The van der Waals surface area contributed by atoms with E-state index < -0.39 is 5.72 Å². The van der Waals surface area contributed by atoms with Crippen molar-refractivity contribution in [3.8, 4) is 0 Å². The van der Waals surface area contributed by atoms with Crippen molar-refractivity contribution in [1.82, 2.24) is 5.32 Å². The fourth-order valence-electron chi connectivity index (χ4n) is 2.55. The molecule has 0 aromatic carbocycles. The number of rotatable bonds is 2. The number of hydrogen-bond donors (Lipinski definition) is 3. The van der Waals surface area contributed by atoms with Crippen LogP contribution in [-0.2, 0) is 4.74 Å². The number of nitrogens with one attached hydrogen (secondary N) is 1. The maximum Gasteiger partial charge on any atom is 0.166 e. The zero-order chi connectivity index (χ0) is 10.1. The van der Waals surface area contributed by atoms with Crippen LogP contribution in [0.25, 0.3) is 0 Å². The van der Waals surface area contributed by atoms with Gasteiger partial charge in [-0.15, -0.1) is 0 Å². The number of ether oxygens (including phenoxy) is 1. The molecular formula is C10H19NO3. The topological polar surface area (TPSA) is 61.7 Å². The summed E-state index contributed by atoms with van der Waals surface area (Å²) in [5, 5.41) is 21.7. The third-order valence-corrected chi connectivity index (χ3v) is 3.44. The van der Waals surface area contributed by atoms with Crippen molar-refractivity contribution in [3.63, 3.8) is 0 Å². The van der Waals surface area contributed by atoms with Gasteiger partial charge in [-0.1, -0.05) is 19.3 Å². The first kappa shape index (κ1) is 10.4. The first-order chi connectivity index (χ1) is 6.74. The smallest absolute Gasteiger partial charge is 0.166 e. The number of aliphatic hydroxyl groups excluding tert-OH is 2. The van der Waals surface area contributed by atoms with Gasteiger partial charge in [-0.3, -0.25) is 5.32 Å². The van der Waals surface area contributed by atoms with Crippen LogP contribution in [0.5, 0.6) is 0 Å². The molecule has 3 N–H and O–H groups in total. The van der Waals surface area contributed by atoms with Crippen LogP contribution in [0.4, 0.5) is 0 Å². The van der Waals surface area contributed by atoms with Crippen molar-refractivity contribution in [2.75, 3.05) is 19.8 Å². The van der Waals surface area contributed by atoms with Gasteiger partial charge < -0.3 is 14.9 Å². The number of hydrogen-bond acceptors (Lipinski definition) is 4. The predicted octanol–water partition coefficient (Wildman–Crippen LogP) is -0.0100. The van der Waals surface area contributed by atoms with E-state index in [0.29, 0.717) is 6.61 Å².